The highest BCUT2D eigenvalue weighted by Crippen LogP contribution is 2.38. The molecule has 22 heavy (non-hydrogen) atoms. The minimum atomic E-state index is -3.63. The molecule has 120 valence electrons. The molecule has 2 aliphatic heterocycles. The second-order valence-corrected chi connectivity index (χ2v) is 7.64. The summed E-state index contributed by atoms with van der Waals surface area (Å²) in [7, 11) is -3.63. The second-order valence-electron chi connectivity index (χ2n) is 5.80. The summed E-state index contributed by atoms with van der Waals surface area (Å²) in [5.41, 5.74) is 0. The molecular weight excluding hydrogens is 309 g/mol. The van der Waals surface area contributed by atoms with Crippen molar-refractivity contribution in [2.75, 3.05) is 0 Å². The SMILES string of the molecule is CC(F)Oc1ccc(S(=O)(=O)N2C3CCC2CC(=O)C3)cc1. The molecule has 0 spiro atoms. The number of carbonyl (C=O) groups excluding carboxylic acids is 1. The number of hydrogen-bond acceptors (Lipinski definition) is 4. The van der Waals surface area contributed by atoms with Crippen LogP contribution in [-0.4, -0.2) is 36.9 Å². The van der Waals surface area contributed by atoms with Crippen molar-refractivity contribution in [3.63, 3.8) is 0 Å². The van der Waals surface area contributed by atoms with Gasteiger partial charge in [0.05, 0.1) is 4.90 Å². The normalized spacial score (nSPS) is 26.9. The van der Waals surface area contributed by atoms with Crippen molar-refractivity contribution in [1.82, 2.24) is 4.31 Å². The van der Waals surface area contributed by atoms with E-state index >= 15 is 0 Å². The fraction of sp³-hybridized carbons (Fsp3) is 0.533. The first-order chi connectivity index (χ1) is 10.4. The van der Waals surface area contributed by atoms with Crippen molar-refractivity contribution >= 4 is 15.8 Å². The first kappa shape index (κ1) is 15.4. The molecule has 2 saturated heterocycles. The Bertz CT molecular complexity index is 655. The zero-order valence-corrected chi connectivity index (χ0v) is 13.1. The van der Waals surface area contributed by atoms with Gasteiger partial charge in [0.25, 0.3) is 0 Å². The fourth-order valence-electron chi connectivity index (χ4n) is 3.32. The summed E-state index contributed by atoms with van der Waals surface area (Å²) >= 11 is 0. The van der Waals surface area contributed by atoms with Crippen LogP contribution < -0.4 is 4.74 Å². The number of sulfonamides is 1. The van der Waals surface area contributed by atoms with Crippen molar-refractivity contribution in [3.8, 4) is 5.75 Å². The Morgan fingerprint density at radius 2 is 1.73 bits per heavy atom. The number of Topliss-reactive ketones (excluding diaryl/α,β-unsaturated/α-hetero) is 1. The average Bonchev–Trinajstić information content (AvgIpc) is 2.72. The molecule has 0 radical (unpaired) electrons. The van der Waals surface area contributed by atoms with Gasteiger partial charge in [0.1, 0.15) is 11.5 Å². The molecule has 3 atom stereocenters. The maximum atomic E-state index is 12.8. The smallest absolute Gasteiger partial charge is 0.243 e. The minimum absolute atomic E-state index is 0.139. The maximum absolute atomic E-state index is 12.8. The summed E-state index contributed by atoms with van der Waals surface area (Å²) in [5.74, 6) is 0.422. The van der Waals surface area contributed by atoms with Crippen LogP contribution in [0.25, 0.3) is 0 Å². The van der Waals surface area contributed by atoms with E-state index in [0.29, 0.717) is 12.8 Å². The van der Waals surface area contributed by atoms with Crippen LogP contribution in [0.3, 0.4) is 0 Å². The highest BCUT2D eigenvalue weighted by Gasteiger charge is 2.46. The van der Waals surface area contributed by atoms with Crippen LogP contribution in [0.2, 0.25) is 0 Å². The van der Waals surface area contributed by atoms with Crippen molar-refractivity contribution in [2.45, 2.75) is 55.9 Å². The second kappa shape index (κ2) is 5.62. The Morgan fingerprint density at radius 1 is 1.18 bits per heavy atom. The molecule has 0 aliphatic carbocycles. The minimum Gasteiger partial charge on any atom is -0.461 e. The lowest BCUT2D eigenvalue weighted by atomic mass is 10.0. The summed E-state index contributed by atoms with van der Waals surface area (Å²) in [6, 6.07) is 5.28. The van der Waals surface area contributed by atoms with Gasteiger partial charge in [0, 0.05) is 31.8 Å². The van der Waals surface area contributed by atoms with Gasteiger partial charge in [-0.3, -0.25) is 4.79 Å². The Labute approximate surface area is 129 Å². The van der Waals surface area contributed by atoms with E-state index < -0.39 is 16.4 Å². The number of rotatable bonds is 4. The molecule has 3 unspecified atom stereocenters. The number of benzene rings is 1. The first-order valence-electron chi connectivity index (χ1n) is 7.34. The molecule has 1 aromatic rings. The molecule has 0 amide bonds. The number of nitrogens with zero attached hydrogens (tertiary/aromatic N) is 1. The van der Waals surface area contributed by atoms with Crippen molar-refractivity contribution in [2.24, 2.45) is 0 Å². The van der Waals surface area contributed by atoms with E-state index in [4.69, 9.17) is 4.74 Å². The molecule has 2 bridgehead atoms. The predicted molar refractivity (Wildman–Crippen MR) is 77.7 cm³/mol. The molecular formula is C15H18FNO4S. The van der Waals surface area contributed by atoms with Crippen LogP contribution in [0.5, 0.6) is 5.75 Å². The Hall–Kier alpha value is -1.47. The average molecular weight is 327 g/mol. The van der Waals surface area contributed by atoms with E-state index in [2.05, 4.69) is 0 Å². The monoisotopic (exact) mass is 327 g/mol. The third-order valence-corrected chi connectivity index (χ3v) is 6.20. The molecule has 3 rings (SSSR count). The lowest BCUT2D eigenvalue weighted by Gasteiger charge is -2.32. The maximum Gasteiger partial charge on any atom is 0.243 e. The summed E-state index contributed by atoms with van der Waals surface area (Å²) in [6.07, 6.45) is 0.616. The number of ketones is 1. The van der Waals surface area contributed by atoms with Crippen molar-refractivity contribution < 1.29 is 22.3 Å². The molecule has 7 heteroatoms. The predicted octanol–water partition coefficient (Wildman–Crippen LogP) is 2.27. The molecule has 2 heterocycles. The summed E-state index contributed by atoms with van der Waals surface area (Å²) in [5, 5.41) is 0. The Balaban J connectivity index is 1.86. The van der Waals surface area contributed by atoms with Crippen LogP contribution in [0, 0.1) is 0 Å². The van der Waals surface area contributed by atoms with E-state index in [1.54, 1.807) is 0 Å². The number of piperidine rings is 1. The molecule has 2 aliphatic rings. The quantitative estimate of drug-likeness (QED) is 0.851. The molecule has 0 N–H and O–H groups in total. The van der Waals surface area contributed by atoms with Crippen LogP contribution in [0.4, 0.5) is 4.39 Å². The Morgan fingerprint density at radius 3 is 2.23 bits per heavy atom. The topological polar surface area (TPSA) is 63.7 Å². The molecule has 1 aromatic carbocycles. The van der Waals surface area contributed by atoms with Crippen molar-refractivity contribution in [3.05, 3.63) is 24.3 Å². The van der Waals surface area contributed by atoms with Crippen LogP contribution >= 0.6 is 0 Å². The van der Waals surface area contributed by atoms with E-state index in [1.807, 2.05) is 0 Å². The van der Waals surface area contributed by atoms with Gasteiger partial charge < -0.3 is 4.74 Å². The highest BCUT2D eigenvalue weighted by atomic mass is 32.2. The number of carbonyl (C=O) groups is 1. The van der Waals surface area contributed by atoms with Gasteiger partial charge in [-0.15, -0.1) is 0 Å². The number of halogens is 1. The van der Waals surface area contributed by atoms with Crippen LogP contribution in [0.15, 0.2) is 29.2 Å². The zero-order valence-electron chi connectivity index (χ0n) is 12.2. The molecule has 0 aromatic heterocycles. The van der Waals surface area contributed by atoms with Gasteiger partial charge in [-0.05, 0) is 37.1 Å². The van der Waals surface area contributed by atoms with Gasteiger partial charge in [-0.2, -0.15) is 4.31 Å². The van der Waals surface area contributed by atoms with Crippen molar-refractivity contribution in [1.29, 1.82) is 0 Å². The summed E-state index contributed by atoms with van der Waals surface area (Å²) < 4.78 is 44.7. The van der Waals surface area contributed by atoms with Crippen LogP contribution in [-0.2, 0) is 14.8 Å². The van der Waals surface area contributed by atoms with Gasteiger partial charge in [-0.1, -0.05) is 0 Å². The largest absolute Gasteiger partial charge is 0.461 e. The zero-order chi connectivity index (χ0) is 15.9. The van der Waals surface area contributed by atoms with E-state index in [9.17, 15) is 17.6 Å². The standard InChI is InChI=1S/C15H18FNO4S/c1-10(16)21-14-4-6-15(7-5-14)22(19,20)17-11-2-3-12(17)9-13(18)8-11/h4-7,10-12H,2-3,8-9H2,1H3. The van der Waals surface area contributed by atoms with E-state index in [0.717, 1.165) is 12.8 Å². The number of ether oxygens (including phenoxy) is 1. The third-order valence-electron chi connectivity index (χ3n) is 4.18. The number of alkyl halides is 1. The van der Waals surface area contributed by atoms with E-state index in [-0.39, 0.29) is 28.5 Å². The molecule has 0 saturated carbocycles. The van der Waals surface area contributed by atoms with Gasteiger partial charge in [0.2, 0.25) is 16.4 Å². The lowest BCUT2D eigenvalue weighted by molar-refractivity contribution is -0.122. The van der Waals surface area contributed by atoms with Crippen LogP contribution in [0.1, 0.15) is 32.6 Å². The van der Waals surface area contributed by atoms with E-state index in [1.165, 1.54) is 35.5 Å². The Kier molecular flexibility index (Phi) is 3.94. The number of fused-ring (bicyclic) bond motifs is 2. The summed E-state index contributed by atoms with van der Waals surface area (Å²) in [6.45, 7) is 1.26. The first-order valence-corrected chi connectivity index (χ1v) is 8.78. The van der Waals surface area contributed by atoms with Gasteiger partial charge >= 0.3 is 0 Å². The highest BCUT2D eigenvalue weighted by molar-refractivity contribution is 7.89. The summed E-state index contributed by atoms with van der Waals surface area (Å²) in [4.78, 5) is 11.8. The molecule has 5 nitrogen and oxygen atoms in total. The number of hydrogen-bond donors (Lipinski definition) is 0. The van der Waals surface area contributed by atoms with Gasteiger partial charge in [-0.25, -0.2) is 12.8 Å². The van der Waals surface area contributed by atoms with Gasteiger partial charge in [0.15, 0.2) is 0 Å². The third kappa shape index (κ3) is 2.75. The lowest BCUT2D eigenvalue weighted by Crippen LogP contribution is -2.46. The molecule has 2 fully saturated rings. The fourth-order valence-corrected chi connectivity index (χ4v) is 5.19.